The zero-order valence-electron chi connectivity index (χ0n) is 16.8. The van der Waals surface area contributed by atoms with Crippen LogP contribution in [0, 0.1) is 0 Å². The van der Waals surface area contributed by atoms with Gasteiger partial charge in [-0.1, -0.05) is 18.9 Å². The van der Waals surface area contributed by atoms with Gasteiger partial charge in [0.25, 0.3) is 0 Å². The Morgan fingerprint density at radius 3 is 2.61 bits per heavy atom. The molecule has 1 aromatic rings. The second-order valence-electron chi connectivity index (χ2n) is 7.27. The van der Waals surface area contributed by atoms with Gasteiger partial charge in [0.05, 0.1) is 26.9 Å². The van der Waals surface area contributed by atoms with Gasteiger partial charge in [0.15, 0.2) is 0 Å². The number of ether oxygens (including phenoxy) is 2. The molecule has 8 heteroatoms. The molecule has 0 spiro atoms. The van der Waals surface area contributed by atoms with Crippen molar-refractivity contribution in [3.8, 4) is 11.5 Å². The van der Waals surface area contributed by atoms with Crippen LogP contribution in [0.4, 0.5) is 0 Å². The van der Waals surface area contributed by atoms with Crippen molar-refractivity contribution in [3.05, 3.63) is 36.4 Å². The monoisotopic (exact) mass is 410 g/mol. The van der Waals surface area contributed by atoms with Gasteiger partial charge in [0, 0.05) is 25.2 Å². The molecule has 2 atom stereocenters. The lowest BCUT2D eigenvalue weighted by Crippen LogP contribution is -2.46. The van der Waals surface area contributed by atoms with Gasteiger partial charge in [-0.25, -0.2) is 8.42 Å². The number of sulfonamides is 1. The van der Waals surface area contributed by atoms with E-state index in [4.69, 9.17) is 14.3 Å². The van der Waals surface area contributed by atoms with E-state index in [1.807, 2.05) is 6.07 Å². The molecule has 3 rings (SSSR count). The number of methoxy groups -OCH3 is 2. The minimum Gasteiger partial charge on any atom is -0.497 e. The first-order chi connectivity index (χ1) is 13.4. The lowest BCUT2D eigenvalue weighted by molar-refractivity contribution is -0.110. The summed E-state index contributed by atoms with van der Waals surface area (Å²) in [5, 5.41) is 0.874. The van der Waals surface area contributed by atoms with Crippen molar-refractivity contribution in [3.63, 3.8) is 0 Å². The number of hydrogen-bond acceptors (Lipinski definition) is 6. The molecule has 1 aliphatic carbocycles. The summed E-state index contributed by atoms with van der Waals surface area (Å²) in [4.78, 5) is 5.69. The van der Waals surface area contributed by atoms with Crippen molar-refractivity contribution in [1.29, 1.82) is 0 Å². The first-order valence-electron chi connectivity index (χ1n) is 9.63. The van der Waals surface area contributed by atoms with Crippen LogP contribution in [0.15, 0.2) is 30.9 Å². The van der Waals surface area contributed by atoms with Gasteiger partial charge in [-0.15, -0.1) is 6.58 Å². The van der Waals surface area contributed by atoms with E-state index in [-0.39, 0.29) is 12.6 Å². The summed E-state index contributed by atoms with van der Waals surface area (Å²) in [5.41, 5.74) is 0.736. The maximum atomic E-state index is 13.7. The van der Waals surface area contributed by atoms with Crippen molar-refractivity contribution < 1.29 is 22.7 Å². The zero-order valence-corrected chi connectivity index (χ0v) is 17.7. The van der Waals surface area contributed by atoms with Gasteiger partial charge >= 0.3 is 0 Å². The lowest BCUT2D eigenvalue weighted by Gasteiger charge is -2.32. The van der Waals surface area contributed by atoms with Crippen molar-refractivity contribution in [2.45, 2.75) is 43.0 Å². The molecule has 1 aromatic carbocycles. The minimum atomic E-state index is -3.62. The fourth-order valence-electron chi connectivity index (χ4n) is 4.27. The lowest BCUT2D eigenvalue weighted by atomic mass is 10.0. The van der Waals surface area contributed by atoms with Gasteiger partial charge in [0.1, 0.15) is 16.7 Å². The molecule has 2 aliphatic rings. The van der Waals surface area contributed by atoms with Crippen LogP contribution in [0.2, 0.25) is 0 Å². The van der Waals surface area contributed by atoms with Gasteiger partial charge in [0.2, 0.25) is 10.0 Å². The molecule has 2 unspecified atom stereocenters. The Balaban J connectivity index is 2.01. The Hall–Kier alpha value is -1.61. The first kappa shape index (κ1) is 21.1. The van der Waals surface area contributed by atoms with Crippen molar-refractivity contribution >= 4 is 10.0 Å². The molecule has 156 valence electrons. The average Bonchev–Trinajstić information content (AvgIpc) is 3.35. The second kappa shape index (κ2) is 8.82. The molecule has 0 bridgehead atoms. The number of nitrogens with zero attached hydrogens (tertiary/aromatic N) is 2. The van der Waals surface area contributed by atoms with E-state index in [2.05, 4.69) is 6.58 Å². The average molecular weight is 411 g/mol. The van der Waals surface area contributed by atoms with Crippen LogP contribution in [0.1, 0.15) is 37.3 Å². The number of benzene rings is 1. The van der Waals surface area contributed by atoms with Crippen LogP contribution < -0.4 is 9.47 Å². The maximum Gasteiger partial charge on any atom is 0.221 e. The highest BCUT2D eigenvalue weighted by molar-refractivity contribution is 7.89. The van der Waals surface area contributed by atoms with Gasteiger partial charge in [-0.3, -0.25) is 4.84 Å². The van der Waals surface area contributed by atoms with Crippen LogP contribution in [0.25, 0.3) is 0 Å². The molecule has 1 saturated carbocycles. The molecular formula is C20H30N2O5S. The second-order valence-corrected chi connectivity index (χ2v) is 9.38. The third-order valence-electron chi connectivity index (χ3n) is 5.69. The molecule has 1 aliphatic heterocycles. The smallest absolute Gasteiger partial charge is 0.221 e. The third-order valence-corrected chi connectivity index (χ3v) is 7.95. The van der Waals surface area contributed by atoms with Crippen molar-refractivity contribution in [1.82, 2.24) is 9.37 Å². The molecule has 1 heterocycles. The SMILES string of the molecule is C=CCN(C1CCCC1)S(=O)(=O)C1CON(C)C1c1cc(OC)ccc1OC. The summed E-state index contributed by atoms with van der Waals surface area (Å²) in [6.07, 6.45) is 5.56. The molecule has 0 amide bonds. The number of hydrogen-bond donors (Lipinski definition) is 0. The molecular weight excluding hydrogens is 380 g/mol. The molecule has 7 nitrogen and oxygen atoms in total. The van der Waals surface area contributed by atoms with E-state index in [0.29, 0.717) is 18.0 Å². The summed E-state index contributed by atoms with van der Waals surface area (Å²) in [6, 6.07) is 4.95. The highest BCUT2D eigenvalue weighted by Crippen LogP contribution is 2.41. The van der Waals surface area contributed by atoms with Gasteiger partial charge in [-0.2, -0.15) is 9.37 Å². The molecule has 0 N–H and O–H groups in total. The predicted octanol–water partition coefficient (Wildman–Crippen LogP) is 2.75. The first-order valence-corrected chi connectivity index (χ1v) is 11.1. The van der Waals surface area contributed by atoms with Crippen molar-refractivity contribution in [2.24, 2.45) is 0 Å². The Bertz CT molecular complexity index is 792. The zero-order chi connectivity index (χ0) is 20.3. The molecule has 0 radical (unpaired) electrons. The van der Waals surface area contributed by atoms with Crippen LogP contribution >= 0.6 is 0 Å². The molecule has 0 aromatic heterocycles. The Kier molecular flexibility index (Phi) is 6.65. The number of rotatable bonds is 8. The van der Waals surface area contributed by atoms with Crippen LogP contribution in [0.3, 0.4) is 0 Å². The van der Waals surface area contributed by atoms with E-state index in [1.165, 1.54) is 0 Å². The van der Waals surface area contributed by atoms with Gasteiger partial charge < -0.3 is 9.47 Å². The third kappa shape index (κ3) is 3.91. The van der Waals surface area contributed by atoms with E-state index >= 15 is 0 Å². The highest BCUT2D eigenvalue weighted by atomic mass is 32.2. The van der Waals surface area contributed by atoms with E-state index in [0.717, 1.165) is 31.2 Å². The Labute approximate surface area is 167 Å². The minimum absolute atomic E-state index is 0.0294. The molecule has 28 heavy (non-hydrogen) atoms. The molecule has 1 saturated heterocycles. The summed E-state index contributed by atoms with van der Waals surface area (Å²) < 4.78 is 39.9. The highest BCUT2D eigenvalue weighted by Gasteiger charge is 2.48. The van der Waals surface area contributed by atoms with Crippen LogP contribution in [-0.2, 0) is 14.9 Å². The van der Waals surface area contributed by atoms with E-state index in [1.54, 1.807) is 48.8 Å². The summed E-state index contributed by atoms with van der Waals surface area (Å²) in [5.74, 6) is 1.26. The summed E-state index contributed by atoms with van der Waals surface area (Å²) in [7, 11) is 1.29. The van der Waals surface area contributed by atoms with E-state index < -0.39 is 21.3 Å². The maximum absolute atomic E-state index is 13.7. The predicted molar refractivity (Wildman–Crippen MR) is 108 cm³/mol. The quantitative estimate of drug-likeness (QED) is 0.614. The Morgan fingerprint density at radius 1 is 1.29 bits per heavy atom. The van der Waals surface area contributed by atoms with Crippen molar-refractivity contribution in [2.75, 3.05) is 34.4 Å². The normalized spacial score (nSPS) is 24.0. The topological polar surface area (TPSA) is 68.3 Å². The standard InChI is InChI=1S/C20H30N2O5S/c1-5-12-22(15-8-6-7-9-15)28(23,24)19-14-27-21(2)20(19)17-13-16(25-3)10-11-18(17)26-4/h5,10-11,13,15,19-20H,1,6-9,12,14H2,2-4H3. The summed E-state index contributed by atoms with van der Waals surface area (Å²) >= 11 is 0. The van der Waals surface area contributed by atoms with Gasteiger partial charge in [-0.05, 0) is 31.0 Å². The fraction of sp³-hybridized carbons (Fsp3) is 0.600. The fourth-order valence-corrected chi connectivity index (χ4v) is 6.43. The van der Waals surface area contributed by atoms with Crippen LogP contribution in [-0.4, -0.2) is 63.5 Å². The van der Waals surface area contributed by atoms with Crippen LogP contribution in [0.5, 0.6) is 11.5 Å². The summed E-state index contributed by atoms with van der Waals surface area (Å²) in [6.45, 7) is 4.19. The molecule has 2 fully saturated rings. The largest absolute Gasteiger partial charge is 0.497 e. The Morgan fingerprint density at radius 2 is 2.00 bits per heavy atom. The van der Waals surface area contributed by atoms with E-state index in [9.17, 15) is 8.42 Å². The number of hydroxylamine groups is 2.